The van der Waals surface area contributed by atoms with Crippen molar-refractivity contribution < 1.29 is 4.79 Å². The van der Waals surface area contributed by atoms with Crippen LogP contribution in [0.5, 0.6) is 0 Å². The van der Waals surface area contributed by atoms with E-state index in [4.69, 9.17) is 0 Å². The number of carbonyl (C=O) groups is 1. The second-order valence-corrected chi connectivity index (χ2v) is 6.53. The number of carbonyl (C=O) groups excluding carboxylic acids is 1. The van der Waals surface area contributed by atoms with Crippen LogP contribution in [0.1, 0.15) is 42.6 Å². The van der Waals surface area contributed by atoms with Crippen molar-refractivity contribution in [3.8, 4) is 0 Å². The Labute approximate surface area is 136 Å². The maximum absolute atomic E-state index is 12.0. The van der Waals surface area contributed by atoms with E-state index in [1.165, 1.54) is 0 Å². The summed E-state index contributed by atoms with van der Waals surface area (Å²) in [6.07, 6.45) is 6.81. The lowest BCUT2D eigenvalue weighted by atomic mass is 10.1. The number of aromatic amines is 1. The molecule has 0 aromatic carbocycles. The van der Waals surface area contributed by atoms with Gasteiger partial charge < -0.3 is 14.9 Å². The molecule has 1 saturated heterocycles. The Morgan fingerprint density at radius 1 is 1.52 bits per heavy atom. The van der Waals surface area contributed by atoms with Gasteiger partial charge in [-0.05, 0) is 44.9 Å². The highest BCUT2D eigenvalue weighted by molar-refractivity contribution is 5.92. The number of imidazole rings is 1. The molecule has 124 valence electrons. The van der Waals surface area contributed by atoms with Gasteiger partial charge in [-0.25, -0.2) is 4.98 Å². The minimum atomic E-state index is -0.0243. The number of hydrogen-bond donors (Lipinski definition) is 2. The average molecular weight is 315 g/mol. The first-order valence-corrected chi connectivity index (χ1v) is 8.29. The number of hydrogen-bond acceptors (Lipinski definition) is 3. The van der Waals surface area contributed by atoms with Crippen molar-refractivity contribution in [1.29, 1.82) is 0 Å². The van der Waals surface area contributed by atoms with Crippen LogP contribution >= 0.6 is 0 Å². The highest BCUT2D eigenvalue weighted by Gasteiger charge is 2.24. The molecule has 0 bridgehead atoms. The molecule has 1 aliphatic heterocycles. The van der Waals surface area contributed by atoms with Crippen LogP contribution in [0, 0.1) is 5.92 Å². The summed E-state index contributed by atoms with van der Waals surface area (Å²) in [5, 5.41) is 3.02. The third-order valence-corrected chi connectivity index (χ3v) is 4.43. The molecule has 6 heteroatoms. The highest BCUT2D eigenvalue weighted by atomic mass is 16.1. The summed E-state index contributed by atoms with van der Waals surface area (Å²) < 4.78 is 2.22. The zero-order chi connectivity index (χ0) is 16.2. The first-order valence-electron chi connectivity index (χ1n) is 8.29. The van der Waals surface area contributed by atoms with Gasteiger partial charge in [-0.2, -0.15) is 0 Å². The van der Waals surface area contributed by atoms with Gasteiger partial charge in [0.25, 0.3) is 5.91 Å². The van der Waals surface area contributed by atoms with E-state index in [0.717, 1.165) is 38.4 Å². The van der Waals surface area contributed by atoms with Crippen LogP contribution in [-0.4, -0.2) is 45.0 Å². The van der Waals surface area contributed by atoms with E-state index < -0.39 is 0 Å². The van der Waals surface area contributed by atoms with Gasteiger partial charge in [0.15, 0.2) is 0 Å². The lowest BCUT2D eigenvalue weighted by molar-refractivity contribution is 0.0943. The van der Waals surface area contributed by atoms with Crippen LogP contribution in [0.4, 0.5) is 0 Å². The van der Waals surface area contributed by atoms with Crippen LogP contribution in [0.15, 0.2) is 30.7 Å². The van der Waals surface area contributed by atoms with E-state index in [1.54, 1.807) is 12.3 Å². The molecule has 0 radical (unpaired) electrons. The summed E-state index contributed by atoms with van der Waals surface area (Å²) in [6.45, 7) is 8.03. The summed E-state index contributed by atoms with van der Waals surface area (Å²) in [6, 6.07) is 4.07. The molecule has 6 nitrogen and oxygen atoms in total. The maximum Gasteiger partial charge on any atom is 0.267 e. The summed E-state index contributed by atoms with van der Waals surface area (Å²) >= 11 is 0. The molecule has 0 aliphatic carbocycles. The van der Waals surface area contributed by atoms with Crippen molar-refractivity contribution in [3.63, 3.8) is 0 Å². The Bertz CT molecular complexity index is 631. The average Bonchev–Trinajstić information content (AvgIpc) is 3.27. The van der Waals surface area contributed by atoms with Crippen molar-refractivity contribution in [3.05, 3.63) is 42.2 Å². The minimum absolute atomic E-state index is 0.0243. The third-order valence-electron chi connectivity index (χ3n) is 4.43. The first kappa shape index (κ1) is 15.8. The van der Waals surface area contributed by atoms with E-state index >= 15 is 0 Å². The Morgan fingerprint density at radius 3 is 3.13 bits per heavy atom. The Morgan fingerprint density at radius 2 is 2.39 bits per heavy atom. The second-order valence-electron chi connectivity index (χ2n) is 6.53. The molecule has 2 N–H and O–H groups in total. The van der Waals surface area contributed by atoms with Gasteiger partial charge in [0.05, 0.1) is 6.54 Å². The lowest BCUT2D eigenvalue weighted by Crippen LogP contribution is -2.31. The van der Waals surface area contributed by atoms with Crippen LogP contribution in [0.25, 0.3) is 0 Å². The van der Waals surface area contributed by atoms with Gasteiger partial charge in [0, 0.05) is 37.7 Å². The Hall–Kier alpha value is -2.08. The molecule has 1 atom stereocenters. The Balaban J connectivity index is 1.47. The SMILES string of the molecule is CC(C)n1ccnc1CN1CC[C@H](CNC(=O)c2ccc[nH]2)C1. The van der Waals surface area contributed by atoms with E-state index in [9.17, 15) is 4.79 Å². The number of likely N-dealkylation sites (tertiary alicyclic amines) is 1. The standard InChI is InChI=1S/C17H25N5O/c1-13(2)22-9-7-19-16(22)12-21-8-5-14(11-21)10-20-17(23)15-4-3-6-18-15/h3-4,6-7,9,13-14,18H,5,8,10-12H2,1-2H3,(H,20,23)/t14-/m1/s1. The van der Waals surface area contributed by atoms with Gasteiger partial charge in [-0.15, -0.1) is 0 Å². The first-order chi connectivity index (χ1) is 11.1. The van der Waals surface area contributed by atoms with Crippen LogP contribution in [0.2, 0.25) is 0 Å². The molecule has 0 spiro atoms. The Kier molecular flexibility index (Phi) is 4.81. The molecule has 23 heavy (non-hydrogen) atoms. The summed E-state index contributed by atoms with van der Waals surface area (Å²) in [5.74, 6) is 1.61. The van der Waals surface area contributed by atoms with Crippen LogP contribution in [-0.2, 0) is 6.54 Å². The topological polar surface area (TPSA) is 66.0 Å². The second kappa shape index (κ2) is 7.00. The van der Waals surface area contributed by atoms with Gasteiger partial charge in [-0.1, -0.05) is 0 Å². The molecular formula is C17H25N5O. The van der Waals surface area contributed by atoms with Crippen LogP contribution < -0.4 is 5.32 Å². The normalized spacial score (nSPS) is 18.7. The molecule has 3 heterocycles. The number of amides is 1. The van der Waals surface area contributed by atoms with Crippen molar-refractivity contribution in [2.45, 2.75) is 32.9 Å². The maximum atomic E-state index is 12.0. The largest absolute Gasteiger partial charge is 0.357 e. The number of rotatable bonds is 6. The van der Waals surface area contributed by atoms with Crippen molar-refractivity contribution in [2.24, 2.45) is 5.92 Å². The quantitative estimate of drug-likeness (QED) is 0.857. The predicted octanol–water partition coefficient (Wildman–Crippen LogP) is 2.04. The smallest absolute Gasteiger partial charge is 0.267 e. The fraction of sp³-hybridized carbons (Fsp3) is 0.529. The summed E-state index contributed by atoms with van der Waals surface area (Å²) in [7, 11) is 0. The number of H-pyrrole nitrogens is 1. The fourth-order valence-electron chi connectivity index (χ4n) is 3.16. The predicted molar refractivity (Wildman–Crippen MR) is 89.1 cm³/mol. The van der Waals surface area contributed by atoms with Gasteiger partial charge in [-0.3, -0.25) is 9.69 Å². The van der Waals surface area contributed by atoms with E-state index in [0.29, 0.717) is 17.7 Å². The van der Waals surface area contributed by atoms with Crippen molar-refractivity contribution in [1.82, 2.24) is 24.8 Å². The van der Waals surface area contributed by atoms with Gasteiger partial charge in [0.1, 0.15) is 11.5 Å². The van der Waals surface area contributed by atoms with Crippen LogP contribution in [0.3, 0.4) is 0 Å². The van der Waals surface area contributed by atoms with Crippen molar-refractivity contribution in [2.75, 3.05) is 19.6 Å². The molecule has 2 aromatic heterocycles. The monoisotopic (exact) mass is 315 g/mol. The molecule has 1 fully saturated rings. The minimum Gasteiger partial charge on any atom is -0.357 e. The number of nitrogens with one attached hydrogen (secondary N) is 2. The summed E-state index contributed by atoms with van der Waals surface area (Å²) in [5.41, 5.74) is 0.624. The highest BCUT2D eigenvalue weighted by Crippen LogP contribution is 2.19. The van der Waals surface area contributed by atoms with E-state index in [2.05, 4.69) is 38.6 Å². The molecule has 2 aromatic rings. The number of nitrogens with zero attached hydrogens (tertiary/aromatic N) is 3. The zero-order valence-corrected chi connectivity index (χ0v) is 13.8. The van der Waals surface area contributed by atoms with E-state index in [1.807, 2.05) is 18.5 Å². The molecule has 1 aliphatic rings. The van der Waals surface area contributed by atoms with Gasteiger partial charge in [0.2, 0.25) is 0 Å². The van der Waals surface area contributed by atoms with E-state index in [-0.39, 0.29) is 5.91 Å². The molecule has 3 rings (SSSR count). The fourth-order valence-corrected chi connectivity index (χ4v) is 3.16. The molecule has 1 amide bonds. The molecule has 0 unspecified atom stereocenters. The molecular weight excluding hydrogens is 290 g/mol. The number of aromatic nitrogens is 3. The summed E-state index contributed by atoms with van der Waals surface area (Å²) in [4.78, 5) is 21.8. The zero-order valence-electron chi connectivity index (χ0n) is 13.8. The van der Waals surface area contributed by atoms with Crippen molar-refractivity contribution >= 4 is 5.91 Å². The third kappa shape index (κ3) is 3.82. The van der Waals surface area contributed by atoms with Gasteiger partial charge >= 0.3 is 0 Å². The lowest BCUT2D eigenvalue weighted by Gasteiger charge is -2.18. The molecule has 0 saturated carbocycles.